The van der Waals surface area contributed by atoms with Crippen molar-refractivity contribution in [3.63, 3.8) is 0 Å². The molecule has 2 rings (SSSR count). The summed E-state index contributed by atoms with van der Waals surface area (Å²) in [5.41, 5.74) is 2.34. The predicted molar refractivity (Wildman–Crippen MR) is 99.4 cm³/mol. The molecular weight excluding hydrogens is 316 g/mol. The van der Waals surface area contributed by atoms with Crippen molar-refractivity contribution in [1.82, 2.24) is 9.88 Å². The van der Waals surface area contributed by atoms with Crippen LogP contribution in [0.4, 0.5) is 16.2 Å². The van der Waals surface area contributed by atoms with Crippen LogP contribution in [0.1, 0.15) is 38.8 Å². The van der Waals surface area contributed by atoms with E-state index in [0.29, 0.717) is 17.9 Å². The van der Waals surface area contributed by atoms with E-state index in [1.807, 2.05) is 19.1 Å². The third-order valence-corrected chi connectivity index (χ3v) is 3.89. The zero-order valence-corrected chi connectivity index (χ0v) is 14.8. The van der Waals surface area contributed by atoms with E-state index in [1.54, 1.807) is 41.6 Å². The number of pyridine rings is 1. The molecule has 0 aliphatic heterocycles. The molecule has 0 saturated heterocycles. The summed E-state index contributed by atoms with van der Waals surface area (Å²) in [7, 11) is 0. The Morgan fingerprint density at radius 2 is 1.72 bits per heavy atom. The Morgan fingerprint density at radius 1 is 1.08 bits per heavy atom. The lowest BCUT2D eigenvalue weighted by Gasteiger charge is -2.30. The van der Waals surface area contributed by atoms with Gasteiger partial charge in [0.1, 0.15) is 0 Å². The molecule has 1 unspecified atom stereocenters. The number of hydrogen-bond donors (Lipinski definition) is 2. The average Bonchev–Trinajstić information content (AvgIpc) is 2.59. The molecule has 0 bridgehead atoms. The highest BCUT2D eigenvalue weighted by molar-refractivity contribution is 5.92. The van der Waals surface area contributed by atoms with Gasteiger partial charge in [-0.3, -0.25) is 9.78 Å². The number of amides is 3. The van der Waals surface area contributed by atoms with E-state index >= 15 is 0 Å². The molecule has 6 heteroatoms. The Balaban J connectivity index is 2.15. The van der Waals surface area contributed by atoms with Crippen LogP contribution in [0.3, 0.4) is 0 Å². The van der Waals surface area contributed by atoms with E-state index in [2.05, 4.69) is 22.5 Å². The fourth-order valence-corrected chi connectivity index (χ4v) is 2.80. The predicted octanol–water partition coefficient (Wildman–Crippen LogP) is 4.05. The van der Waals surface area contributed by atoms with Crippen LogP contribution in [0.25, 0.3) is 0 Å². The van der Waals surface area contributed by atoms with E-state index in [1.165, 1.54) is 6.92 Å². The van der Waals surface area contributed by atoms with Gasteiger partial charge >= 0.3 is 6.03 Å². The summed E-state index contributed by atoms with van der Waals surface area (Å²) < 4.78 is 0. The Hall–Kier alpha value is -2.89. The minimum absolute atomic E-state index is 0.0217. The quantitative estimate of drug-likeness (QED) is 0.833. The molecule has 1 aromatic heterocycles. The topological polar surface area (TPSA) is 74.3 Å². The summed E-state index contributed by atoms with van der Waals surface area (Å²) in [6.45, 7) is 6.04. The van der Waals surface area contributed by atoms with Crippen LogP contribution >= 0.6 is 0 Å². The normalized spacial score (nSPS) is 11.5. The number of urea groups is 1. The molecule has 0 aliphatic rings. The standard InChI is InChI=1S/C19H24N4O2/c1-4-18(15-9-11-20-12-10-15)23(5-2)19(25)22-17-8-6-7-16(13-17)21-14(3)24/h6-13,18H,4-5H2,1-3H3,(H,21,24)(H,22,25). The lowest BCUT2D eigenvalue weighted by Crippen LogP contribution is -2.37. The van der Waals surface area contributed by atoms with Gasteiger partial charge in [0.2, 0.25) is 5.91 Å². The summed E-state index contributed by atoms with van der Waals surface area (Å²) in [5.74, 6) is -0.151. The molecule has 2 N–H and O–H groups in total. The van der Waals surface area contributed by atoms with Crippen molar-refractivity contribution < 1.29 is 9.59 Å². The van der Waals surface area contributed by atoms with E-state index < -0.39 is 0 Å². The summed E-state index contributed by atoms with van der Waals surface area (Å²) >= 11 is 0. The number of rotatable bonds is 6. The van der Waals surface area contributed by atoms with Crippen LogP contribution in [0.15, 0.2) is 48.8 Å². The van der Waals surface area contributed by atoms with Crippen LogP contribution in [-0.4, -0.2) is 28.4 Å². The fraction of sp³-hybridized carbons (Fsp3) is 0.316. The van der Waals surface area contributed by atoms with Gasteiger partial charge < -0.3 is 15.5 Å². The molecule has 0 aliphatic carbocycles. The number of nitrogens with one attached hydrogen (secondary N) is 2. The summed E-state index contributed by atoms with van der Waals surface area (Å²) in [6.07, 6.45) is 4.28. The number of aromatic nitrogens is 1. The first-order chi connectivity index (χ1) is 12.0. The monoisotopic (exact) mass is 340 g/mol. The van der Waals surface area contributed by atoms with Gasteiger partial charge in [0, 0.05) is 37.2 Å². The number of carbonyl (C=O) groups excluding carboxylic acids is 2. The van der Waals surface area contributed by atoms with Crippen molar-refractivity contribution in [2.45, 2.75) is 33.2 Å². The van der Waals surface area contributed by atoms with Crippen LogP contribution in [0.5, 0.6) is 0 Å². The SMILES string of the molecule is CCC(c1ccncc1)N(CC)C(=O)Nc1cccc(NC(C)=O)c1. The van der Waals surface area contributed by atoms with E-state index in [9.17, 15) is 9.59 Å². The van der Waals surface area contributed by atoms with Gasteiger partial charge in [-0.25, -0.2) is 4.79 Å². The van der Waals surface area contributed by atoms with Crippen LogP contribution in [-0.2, 0) is 4.79 Å². The van der Waals surface area contributed by atoms with Gasteiger partial charge in [0.05, 0.1) is 6.04 Å². The third-order valence-electron chi connectivity index (χ3n) is 3.89. The highest BCUT2D eigenvalue weighted by Gasteiger charge is 2.22. The van der Waals surface area contributed by atoms with E-state index in [-0.39, 0.29) is 18.0 Å². The molecule has 3 amide bonds. The lowest BCUT2D eigenvalue weighted by atomic mass is 10.0. The molecule has 0 fully saturated rings. The Kier molecular flexibility index (Phi) is 6.51. The molecule has 0 radical (unpaired) electrons. The fourth-order valence-electron chi connectivity index (χ4n) is 2.80. The molecular formula is C19H24N4O2. The Labute approximate surface area is 148 Å². The molecule has 1 heterocycles. The Morgan fingerprint density at radius 3 is 2.28 bits per heavy atom. The van der Waals surface area contributed by atoms with Gasteiger partial charge in [-0.1, -0.05) is 13.0 Å². The summed E-state index contributed by atoms with van der Waals surface area (Å²) in [5, 5.41) is 5.62. The van der Waals surface area contributed by atoms with Crippen molar-refractivity contribution in [3.8, 4) is 0 Å². The maximum Gasteiger partial charge on any atom is 0.322 e. The number of hydrogen-bond acceptors (Lipinski definition) is 3. The second-order valence-corrected chi connectivity index (χ2v) is 5.68. The van der Waals surface area contributed by atoms with Gasteiger partial charge in [0.25, 0.3) is 0 Å². The van der Waals surface area contributed by atoms with Crippen molar-refractivity contribution in [2.24, 2.45) is 0 Å². The van der Waals surface area contributed by atoms with Gasteiger partial charge in [0.15, 0.2) is 0 Å². The maximum atomic E-state index is 12.8. The first-order valence-corrected chi connectivity index (χ1v) is 8.40. The minimum atomic E-state index is -0.175. The lowest BCUT2D eigenvalue weighted by molar-refractivity contribution is -0.114. The molecule has 25 heavy (non-hydrogen) atoms. The summed E-state index contributed by atoms with van der Waals surface area (Å²) in [4.78, 5) is 29.8. The number of anilines is 2. The highest BCUT2D eigenvalue weighted by atomic mass is 16.2. The zero-order chi connectivity index (χ0) is 18.2. The molecule has 1 atom stereocenters. The second kappa shape index (κ2) is 8.82. The van der Waals surface area contributed by atoms with E-state index in [0.717, 1.165) is 12.0 Å². The van der Waals surface area contributed by atoms with Gasteiger partial charge in [-0.15, -0.1) is 0 Å². The highest BCUT2D eigenvalue weighted by Crippen LogP contribution is 2.25. The minimum Gasteiger partial charge on any atom is -0.326 e. The first kappa shape index (κ1) is 18.4. The molecule has 1 aromatic carbocycles. The molecule has 2 aromatic rings. The van der Waals surface area contributed by atoms with Crippen LogP contribution in [0.2, 0.25) is 0 Å². The molecule has 0 saturated carbocycles. The van der Waals surface area contributed by atoms with E-state index in [4.69, 9.17) is 0 Å². The van der Waals surface area contributed by atoms with Crippen LogP contribution < -0.4 is 10.6 Å². The molecule has 6 nitrogen and oxygen atoms in total. The van der Waals surface area contributed by atoms with Crippen LogP contribution in [0, 0.1) is 0 Å². The maximum absolute atomic E-state index is 12.8. The smallest absolute Gasteiger partial charge is 0.322 e. The second-order valence-electron chi connectivity index (χ2n) is 5.68. The van der Waals surface area contributed by atoms with Gasteiger partial charge in [-0.2, -0.15) is 0 Å². The number of carbonyl (C=O) groups is 2. The van der Waals surface area contributed by atoms with Crippen molar-refractivity contribution >= 4 is 23.3 Å². The number of benzene rings is 1. The zero-order valence-electron chi connectivity index (χ0n) is 14.8. The van der Waals surface area contributed by atoms with Crippen molar-refractivity contribution in [1.29, 1.82) is 0 Å². The number of nitrogens with zero attached hydrogens (tertiary/aromatic N) is 2. The van der Waals surface area contributed by atoms with Gasteiger partial charge in [-0.05, 0) is 49.2 Å². The first-order valence-electron chi connectivity index (χ1n) is 8.40. The molecule has 132 valence electrons. The van der Waals surface area contributed by atoms with Crippen molar-refractivity contribution in [3.05, 3.63) is 54.4 Å². The van der Waals surface area contributed by atoms with Crippen molar-refractivity contribution in [2.75, 3.05) is 17.2 Å². The molecule has 0 spiro atoms. The average molecular weight is 340 g/mol. The third kappa shape index (κ3) is 5.04. The summed E-state index contributed by atoms with van der Waals surface area (Å²) in [6, 6.07) is 10.8. The Bertz CT molecular complexity index is 718. The largest absolute Gasteiger partial charge is 0.326 e.